The molecule has 0 aromatic heterocycles. The summed E-state index contributed by atoms with van der Waals surface area (Å²) in [5.41, 5.74) is 3.93. The summed E-state index contributed by atoms with van der Waals surface area (Å²) in [5.74, 6) is -0.700. The molecule has 0 aliphatic rings. The largest absolute Gasteiger partial charge is 0.490 e. The first-order chi connectivity index (χ1) is 17.6. The van der Waals surface area contributed by atoms with Crippen molar-refractivity contribution in [1.29, 1.82) is 0 Å². The molecular formula is C26H32BrN3O7. The van der Waals surface area contributed by atoms with E-state index in [0.717, 1.165) is 5.56 Å². The molecule has 0 bridgehead atoms. The molecule has 0 aliphatic carbocycles. The molecule has 0 aliphatic heterocycles. The minimum absolute atomic E-state index is 0.139. The molecule has 2 amide bonds. The minimum atomic E-state index is -1.12. The maximum atomic E-state index is 12.8. The summed E-state index contributed by atoms with van der Waals surface area (Å²) >= 11 is 3.35. The fraction of sp³-hybridized carbons (Fsp3) is 0.385. The number of carbonyl (C=O) groups excluding carboxylic acids is 2. The lowest BCUT2D eigenvalue weighted by molar-refractivity contribution is -0.139. The number of nitrogens with one attached hydrogen (secondary N) is 2. The zero-order valence-electron chi connectivity index (χ0n) is 21.2. The Hall–Kier alpha value is -3.60. The number of hydrogen-bond donors (Lipinski definition) is 3. The first-order valence-electron chi connectivity index (χ1n) is 11.7. The van der Waals surface area contributed by atoms with E-state index in [9.17, 15) is 14.4 Å². The van der Waals surface area contributed by atoms with Gasteiger partial charge in [-0.15, -0.1) is 0 Å². The second-order valence-electron chi connectivity index (χ2n) is 8.48. The highest BCUT2D eigenvalue weighted by Gasteiger charge is 2.22. The number of carboxylic acids is 1. The quantitative estimate of drug-likeness (QED) is 0.230. The molecule has 0 fully saturated rings. The highest BCUT2D eigenvalue weighted by atomic mass is 79.9. The number of amides is 2. The van der Waals surface area contributed by atoms with Crippen molar-refractivity contribution >= 4 is 39.9 Å². The van der Waals surface area contributed by atoms with E-state index in [4.69, 9.17) is 19.3 Å². The molecule has 0 unspecified atom stereocenters. The van der Waals surface area contributed by atoms with Crippen molar-refractivity contribution in [3.05, 3.63) is 52.0 Å². The molecule has 1 atom stereocenters. The highest BCUT2D eigenvalue weighted by Crippen LogP contribution is 2.36. The zero-order valence-corrected chi connectivity index (χ0v) is 22.8. The van der Waals surface area contributed by atoms with E-state index < -0.39 is 30.4 Å². The summed E-state index contributed by atoms with van der Waals surface area (Å²) in [5, 5.41) is 15.6. The van der Waals surface area contributed by atoms with E-state index in [1.807, 2.05) is 39.0 Å². The van der Waals surface area contributed by atoms with Crippen molar-refractivity contribution in [1.82, 2.24) is 10.7 Å². The molecule has 11 heteroatoms. The number of benzene rings is 2. The van der Waals surface area contributed by atoms with E-state index in [-0.39, 0.29) is 18.3 Å². The fourth-order valence-corrected chi connectivity index (χ4v) is 3.82. The first kappa shape index (κ1) is 29.6. The molecule has 2 aromatic carbocycles. The average Bonchev–Trinajstić information content (AvgIpc) is 2.82. The van der Waals surface area contributed by atoms with Crippen LogP contribution in [0.5, 0.6) is 17.2 Å². The number of hydrazone groups is 1. The molecule has 200 valence electrons. The van der Waals surface area contributed by atoms with Crippen molar-refractivity contribution < 1.29 is 33.7 Å². The van der Waals surface area contributed by atoms with Crippen LogP contribution in [0.1, 0.15) is 38.3 Å². The number of ether oxygens (including phenoxy) is 3. The SMILES string of the molecule is CCOc1cc(/C=N\NC(=O)[C@H](CC(C)C)NC(=O)COc2ccccc2C)cc(Br)c1OCC(=O)O. The Morgan fingerprint density at radius 3 is 2.46 bits per heavy atom. The molecule has 0 heterocycles. The van der Waals surface area contributed by atoms with Gasteiger partial charge in [-0.3, -0.25) is 9.59 Å². The lowest BCUT2D eigenvalue weighted by Crippen LogP contribution is -2.47. The van der Waals surface area contributed by atoms with Gasteiger partial charge in [-0.05, 0) is 71.4 Å². The third kappa shape index (κ3) is 10.1. The lowest BCUT2D eigenvalue weighted by Gasteiger charge is -2.19. The Morgan fingerprint density at radius 1 is 1.08 bits per heavy atom. The number of halogens is 1. The number of carboxylic acid groups (broad SMARTS) is 1. The number of rotatable bonds is 14. The van der Waals surface area contributed by atoms with Crippen molar-refractivity contribution in [3.8, 4) is 17.2 Å². The maximum absolute atomic E-state index is 12.8. The van der Waals surface area contributed by atoms with Gasteiger partial charge in [0.1, 0.15) is 11.8 Å². The molecule has 2 aromatic rings. The number of nitrogens with zero attached hydrogens (tertiary/aromatic N) is 1. The van der Waals surface area contributed by atoms with Gasteiger partial charge in [0.15, 0.2) is 24.7 Å². The second kappa shape index (κ2) is 14.8. The number of para-hydroxylation sites is 1. The first-order valence-corrected chi connectivity index (χ1v) is 12.5. The molecule has 0 saturated heterocycles. The standard InChI is InChI=1S/C26H32BrN3O7/c1-5-35-22-12-18(11-19(27)25(22)37-15-24(32)33)13-28-30-26(34)20(10-16(2)3)29-23(31)14-36-21-9-7-6-8-17(21)4/h6-9,11-13,16,20H,5,10,14-15H2,1-4H3,(H,29,31)(H,30,34)(H,32,33)/b28-13-/t20-/m0/s1. The molecule has 0 radical (unpaired) electrons. The fourth-order valence-electron chi connectivity index (χ4n) is 3.25. The van der Waals surface area contributed by atoms with E-state index in [1.54, 1.807) is 25.1 Å². The van der Waals surface area contributed by atoms with Crippen LogP contribution in [-0.4, -0.2) is 55.0 Å². The van der Waals surface area contributed by atoms with Crippen LogP contribution in [0.15, 0.2) is 46.0 Å². The van der Waals surface area contributed by atoms with Crippen molar-refractivity contribution in [2.75, 3.05) is 19.8 Å². The minimum Gasteiger partial charge on any atom is -0.490 e. The molecular weight excluding hydrogens is 546 g/mol. The molecule has 37 heavy (non-hydrogen) atoms. The van der Waals surface area contributed by atoms with Gasteiger partial charge in [0, 0.05) is 0 Å². The number of aryl methyl sites for hydroxylation is 1. The summed E-state index contributed by atoms with van der Waals surface area (Å²) in [6.45, 7) is 7.14. The Labute approximate surface area is 224 Å². The molecule has 0 spiro atoms. The summed E-state index contributed by atoms with van der Waals surface area (Å²) in [7, 11) is 0. The predicted octanol–water partition coefficient (Wildman–Crippen LogP) is 3.68. The lowest BCUT2D eigenvalue weighted by atomic mass is 10.0. The Balaban J connectivity index is 2.04. The van der Waals surface area contributed by atoms with Crippen LogP contribution in [-0.2, 0) is 14.4 Å². The maximum Gasteiger partial charge on any atom is 0.341 e. The van der Waals surface area contributed by atoms with Crippen LogP contribution >= 0.6 is 15.9 Å². The molecule has 10 nitrogen and oxygen atoms in total. The zero-order chi connectivity index (χ0) is 27.4. The van der Waals surface area contributed by atoms with Gasteiger partial charge in [-0.2, -0.15) is 5.10 Å². The average molecular weight is 578 g/mol. The normalized spacial score (nSPS) is 11.7. The van der Waals surface area contributed by atoms with Crippen LogP contribution in [0.3, 0.4) is 0 Å². The summed E-state index contributed by atoms with van der Waals surface area (Å²) in [6, 6.07) is 9.80. The number of aliphatic carboxylic acids is 1. The van der Waals surface area contributed by atoms with Crippen LogP contribution < -0.4 is 25.0 Å². The van der Waals surface area contributed by atoms with Crippen molar-refractivity contribution in [2.45, 2.75) is 40.2 Å². The smallest absolute Gasteiger partial charge is 0.341 e. The Kier molecular flexibility index (Phi) is 11.9. The monoisotopic (exact) mass is 577 g/mol. The summed E-state index contributed by atoms with van der Waals surface area (Å²) in [4.78, 5) is 36.1. The number of carbonyl (C=O) groups is 3. The van der Waals surface area contributed by atoms with E-state index in [2.05, 4.69) is 31.8 Å². The van der Waals surface area contributed by atoms with Crippen LogP contribution in [0.25, 0.3) is 0 Å². The third-order valence-electron chi connectivity index (χ3n) is 4.87. The van der Waals surface area contributed by atoms with E-state index in [0.29, 0.717) is 34.6 Å². The summed E-state index contributed by atoms with van der Waals surface area (Å²) in [6.07, 6.45) is 1.81. The molecule has 2 rings (SSSR count). The predicted molar refractivity (Wildman–Crippen MR) is 142 cm³/mol. The van der Waals surface area contributed by atoms with Crippen LogP contribution in [0, 0.1) is 12.8 Å². The van der Waals surface area contributed by atoms with Crippen LogP contribution in [0.4, 0.5) is 0 Å². The van der Waals surface area contributed by atoms with Gasteiger partial charge < -0.3 is 24.6 Å². The summed E-state index contributed by atoms with van der Waals surface area (Å²) < 4.78 is 16.9. The second-order valence-corrected chi connectivity index (χ2v) is 9.34. The third-order valence-corrected chi connectivity index (χ3v) is 5.46. The Morgan fingerprint density at radius 2 is 1.81 bits per heavy atom. The number of hydrogen-bond acceptors (Lipinski definition) is 7. The molecule has 0 saturated carbocycles. The topological polar surface area (TPSA) is 136 Å². The van der Waals surface area contributed by atoms with Gasteiger partial charge in [0.25, 0.3) is 11.8 Å². The van der Waals surface area contributed by atoms with Gasteiger partial charge in [-0.1, -0.05) is 32.0 Å². The van der Waals surface area contributed by atoms with Crippen molar-refractivity contribution in [2.24, 2.45) is 11.0 Å². The Bertz CT molecular complexity index is 1120. The van der Waals surface area contributed by atoms with Crippen LogP contribution in [0.2, 0.25) is 0 Å². The van der Waals surface area contributed by atoms with Gasteiger partial charge in [0.2, 0.25) is 0 Å². The van der Waals surface area contributed by atoms with E-state index >= 15 is 0 Å². The van der Waals surface area contributed by atoms with Gasteiger partial charge >= 0.3 is 5.97 Å². The van der Waals surface area contributed by atoms with Crippen molar-refractivity contribution in [3.63, 3.8) is 0 Å². The van der Waals surface area contributed by atoms with Gasteiger partial charge in [-0.25, -0.2) is 10.2 Å². The van der Waals surface area contributed by atoms with Gasteiger partial charge in [0.05, 0.1) is 17.3 Å². The molecule has 3 N–H and O–H groups in total. The van der Waals surface area contributed by atoms with E-state index in [1.165, 1.54) is 6.21 Å². The highest BCUT2D eigenvalue weighted by molar-refractivity contribution is 9.10.